The second kappa shape index (κ2) is 7.77. The molecule has 0 unspecified atom stereocenters. The summed E-state index contributed by atoms with van der Waals surface area (Å²) in [7, 11) is -3.71. The third-order valence-electron chi connectivity index (χ3n) is 2.87. The molecule has 23 heavy (non-hydrogen) atoms. The number of para-hydroxylation sites is 1. The zero-order valence-electron chi connectivity index (χ0n) is 12.5. The first-order valence-electron chi connectivity index (χ1n) is 6.99. The first kappa shape index (κ1) is 17.0. The molecular weight excluding hydrogens is 317 g/mol. The second-order valence-electron chi connectivity index (χ2n) is 4.51. The van der Waals surface area contributed by atoms with E-state index in [4.69, 9.17) is 4.74 Å². The number of ether oxygens (including phenoxy) is 1. The Labute approximate surface area is 135 Å². The summed E-state index contributed by atoms with van der Waals surface area (Å²) in [6, 6.07) is 12.1. The van der Waals surface area contributed by atoms with Crippen molar-refractivity contribution in [3.63, 3.8) is 0 Å². The van der Waals surface area contributed by atoms with E-state index >= 15 is 0 Å². The van der Waals surface area contributed by atoms with Gasteiger partial charge in [0, 0.05) is 5.56 Å². The molecule has 0 saturated carbocycles. The molecule has 0 aromatic heterocycles. The van der Waals surface area contributed by atoms with E-state index in [0.29, 0.717) is 17.9 Å². The van der Waals surface area contributed by atoms with E-state index in [1.807, 2.05) is 0 Å². The van der Waals surface area contributed by atoms with Crippen LogP contribution in [-0.4, -0.2) is 21.6 Å². The molecule has 0 saturated heterocycles. The van der Waals surface area contributed by atoms with E-state index in [-0.39, 0.29) is 17.3 Å². The van der Waals surface area contributed by atoms with Crippen LogP contribution in [0, 0.1) is 17.7 Å². The summed E-state index contributed by atoms with van der Waals surface area (Å²) in [5, 5.41) is 0. The third kappa shape index (κ3) is 4.81. The van der Waals surface area contributed by atoms with Gasteiger partial charge in [-0.1, -0.05) is 24.0 Å². The van der Waals surface area contributed by atoms with Crippen LogP contribution in [0.4, 0.5) is 4.39 Å². The monoisotopic (exact) mass is 333 g/mol. The lowest BCUT2D eigenvalue weighted by atomic mass is 10.2. The summed E-state index contributed by atoms with van der Waals surface area (Å²) in [5.41, 5.74) is 0.611. The Hall–Kier alpha value is -2.36. The number of halogens is 1. The number of hydrogen-bond acceptors (Lipinski definition) is 3. The van der Waals surface area contributed by atoms with Crippen molar-refractivity contribution in [1.29, 1.82) is 0 Å². The van der Waals surface area contributed by atoms with Crippen molar-refractivity contribution < 1.29 is 17.5 Å². The van der Waals surface area contributed by atoms with Gasteiger partial charge in [-0.05, 0) is 43.3 Å². The standard InChI is InChI=1S/C17H16FNO3S/c1-2-22-16-7-3-4-8-17(16)23(20,21)19-13-5-6-14-9-11-15(18)12-10-14/h3-4,7-12,19H,2,13H2,1H3. The number of benzene rings is 2. The van der Waals surface area contributed by atoms with Gasteiger partial charge in [0.25, 0.3) is 0 Å². The van der Waals surface area contributed by atoms with Crippen molar-refractivity contribution >= 4 is 10.0 Å². The molecule has 0 aliphatic carbocycles. The van der Waals surface area contributed by atoms with Crippen molar-refractivity contribution in [3.05, 3.63) is 59.9 Å². The lowest BCUT2D eigenvalue weighted by Gasteiger charge is -2.10. The van der Waals surface area contributed by atoms with Gasteiger partial charge in [0.2, 0.25) is 10.0 Å². The van der Waals surface area contributed by atoms with Crippen LogP contribution in [0.1, 0.15) is 12.5 Å². The summed E-state index contributed by atoms with van der Waals surface area (Å²) >= 11 is 0. The van der Waals surface area contributed by atoms with Gasteiger partial charge < -0.3 is 4.74 Å². The summed E-state index contributed by atoms with van der Waals surface area (Å²) in [4.78, 5) is 0.0745. The summed E-state index contributed by atoms with van der Waals surface area (Å²) < 4.78 is 45.0. The van der Waals surface area contributed by atoms with Crippen LogP contribution in [-0.2, 0) is 10.0 Å². The largest absolute Gasteiger partial charge is 0.492 e. The van der Waals surface area contributed by atoms with Gasteiger partial charge in [-0.25, -0.2) is 12.8 Å². The molecule has 2 rings (SSSR count). The second-order valence-corrected chi connectivity index (χ2v) is 6.25. The molecule has 0 aliphatic rings. The highest BCUT2D eigenvalue weighted by molar-refractivity contribution is 7.89. The maximum atomic E-state index is 12.8. The Morgan fingerprint density at radius 2 is 1.83 bits per heavy atom. The number of nitrogens with one attached hydrogen (secondary N) is 1. The molecule has 0 fully saturated rings. The van der Waals surface area contributed by atoms with E-state index < -0.39 is 10.0 Å². The average Bonchev–Trinajstić information content (AvgIpc) is 2.54. The lowest BCUT2D eigenvalue weighted by Crippen LogP contribution is -2.24. The van der Waals surface area contributed by atoms with Crippen LogP contribution in [0.15, 0.2) is 53.4 Å². The smallest absolute Gasteiger partial charge is 0.245 e. The van der Waals surface area contributed by atoms with Crippen LogP contribution < -0.4 is 9.46 Å². The van der Waals surface area contributed by atoms with E-state index in [1.165, 1.54) is 30.3 Å². The third-order valence-corrected chi connectivity index (χ3v) is 4.31. The van der Waals surface area contributed by atoms with Gasteiger partial charge in [0.05, 0.1) is 13.2 Å². The van der Waals surface area contributed by atoms with E-state index in [0.717, 1.165) is 0 Å². The molecule has 1 N–H and O–H groups in total. The summed E-state index contributed by atoms with van der Waals surface area (Å²) in [6.07, 6.45) is 0. The van der Waals surface area contributed by atoms with Gasteiger partial charge in [-0.3, -0.25) is 0 Å². The predicted molar refractivity (Wildman–Crippen MR) is 86.1 cm³/mol. The Bertz CT molecular complexity index is 821. The van der Waals surface area contributed by atoms with E-state index in [1.54, 1.807) is 25.1 Å². The molecule has 0 spiro atoms. The molecule has 4 nitrogen and oxygen atoms in total. The van der Waals surface area contributed by atoms with Crippen molar-refractivity contribution in [1.82, 2.24) is 4.72 Å². The quantitative estimate of drug-likeness (QED) is 0.856. The number of rotatable bonds is 5. The van der Waals surface area contributed by atoms with Crippen LogP contribution in [0.5, 0.6) is 5.75 Å². The molecule has 120 valence electrons. The Kier molecular flexibility index (Phi) is 5.74. The maximum Gasteiger partial charge on any atom is 0.245 e. The van der Waals surface area contributed by atoms with Gasteiger partial charge in [-0.2, -0.15) is 4.72 Å². The van der Waals surface area contributed by atoms with Crippen LogP contribution in [0.25, 0.3) is 0 Å². The Morgan fingerprint density at radius 1 is 1.13 bits per heavy atom. The van der Waals surface area contributed by atoms with Crippen molar-refractivity contribution in [2.45, 2.75) is 11.8 Å². The fraction of sp³-hybridized carbons (Fsp3) is 0.176. The van der Waals surface area contributed by atoms with Gasteiger partial charge in [0.15, 0.2) is 0 Å². The van der Waals surface area contributed by atoms with Crippen molar-refractivity contribution in [2.24, 2.45) is 0 Å². The molecule has 0 amide bonds. The van der Waals surface area contributed by atoms with Crippen LogP contribution in [0.3, 0.4) is 0 Å². The molecule has 2 aromatic carbocycles. The SMILES string of the molecule is CCOc1ccccc1S(=O)(=O)NCC#Cc1ccc(F)cc1. The summed E-state index contributed by atoms with van der Waals surface area (Å²) in [6.45, 7) is 2.10. The number of sulfonamides is 1. The summed E-state index contributed by atoms with van der Waals surface area (Å²) in [5.74, 6) is 5.41. The number of hydrogen-bond donors (Lipinski definition) is 1. The zero-order chi connectivity index (χ0) is 16.7. The average molecular weight is 333 g/mol. The first-order valence-corrected chi connectivity index (χ1v) is 8.47. The van der Waals surface area contributed by atoms with Crippen LogP contribution in [0.2, 0.25) is 0 Å². The minimum absolute atomic E-state index is 0.0554. The Balaban J connectivity index is 2.07. The molecular formula is C17H16FNO3S. The lowest BCUT2D eigenvalue weighted by molar-refractivity contribution is 0.331. The minimum Gasteiger partial charge on any atom is -0.492 e. The minimum atomic E-state index is -3.71. The fourth-order valence-corrected chi connectivity index (χ4v) is 2.90. The van der Waals surface area contributed by atoms with Crippen molar-refractivity contribution in [2.75, 3.05) is 13.2 Å². The Morgan fingerprint density at radius 3 is 2.52 bits per heavy atom. The molecule has 0 radical (unpaired) electrons. The van der Waals surface area contributed by atoms with Crippen molar-refractivity contribution in [3.8, 4) is 17.6 Å². The van der Waals surface area contributed by atoms with Crippen LogP contribution >= 0.6 is 0 Å². The zero-order valence-corrected chi connectivity index (χ0v) is 13.4. The molecule has 0 heterocycles. The molecule has 0 bridgehead atoms. The molecule has 2 aromatic rings. The highest BCUT2D eigenvalue weighted by Gasteiger charge is 2.17. The normalized spacial score (nSPS) is 10.7. The highest BCUT2D eigenvalue weighted by Crippen LogP contribution is 2.22. The molecule has 0 atom stereocenters. The van der Waals surface area contributed by atoms with E-state index in [9.17, 15) is 12.8 Å². The molecule has 0 aliphatic heterocycles. The topological polar surface area (TPSA) is 55.4 Å². The van der Waals surface area contributed by atoms with Gasteiger partial charge in [-0.15, -0.1) is 0 Å². The highest BCUT2D eigenvalue weighted by atomic mass is 32.2. The predicted octanol–water partition coefficient (Wildman–Crippen LogP) is 2.55. The van der Waals surface area contributed by atoms with Gasteiger partial charge >= 0.3 is 0 Å². The molecule has 6 heteroatoms. The van der Waals surface area contributed by atoms with Gasteiger partial charge in [0.1, 0.15) is 16.5 Å². The fourth-order valence-electron chi connectivity index (χ4n) is 1.84. The van der Waals surface area contributed by atoms with E-state index in [2.05, 4.69) is 16.6 Å². The first-order chi connectivity index (χ1) is 11.0. The maximum absolute atomic E-state index is 12.8.